The Morgan fingerprint density at radius 2 is 1.88 bits per heavy atom. The van der Waals surface area contributed by atoms with Gasteiger partial charge in [0.05, 0.1) is 11.5 Å². The zero-order valence-corrected chi connectivity index (χ0v) is 21.6. The molecule has 1 aromatic carbocycles. The number of amides is 2. The van der Waals surface area contributed by atoms with Gasteiger partial charge in [-0.2, -0.15) is 0 Å². The Morgan fingerprint density at radius 1 is 1.24 bits per heavy atom. The topological polar surface area (TPSA) is 69.6 Å². The second kappa shape index (κ2) is 9.69. The number of benzene rings is 1. The molecule has 1 heterocycles. The van der Waals surface area contributed by atoms with Gasteiger partial charge >= 0.3 is 12.0 Å². The molecule has 0 saturated heterocycles. The van der Waals surface area contributed by atoms with E-state index in [1.54, 1.807) is 4.90 Å². The number of hydrogen-bond acceptors (Lipinski definition) is 2. The van der Waals surface area contributed by atoms with E-state index in [-0.39, 0.29) is 29.3 Å². The van der Waals surface area contributed by atoms with Gasteiger partial charge in [-0.05, 0) is 79.5 Å². The molecular formula is C27H39ClN2O3. The highest BCUT2D eigenvalue weighted by atomic mass is 35.5. The van der Waals surface area contributed by atoms with Crippen molar-refractivity contribution in [3.05, 3.63) is 46.1 Å². The van der Waals surface area contributed by atoms with E-state index in [9.17, 15) is 14.7 Å². The molecule has 1 saturated carbocycles. The minimum Gasteiger partial charge on any atom is -0.481 e. The minimum absolute atomic E-state index is 0.0299. The molecule has 2 N–H and O–H groups in total. The van der Waals surface area contributed by atoms with Gasteiger partial charge in [0.15, 0.2) is 0 Å². The average Bonchev–Trinajstić information content (AvgIpc) is 2.72. The number of carboxylic acids is 1. The number of carbonyl (C=O) groups excluding carboxylic acids is 1. The summed E-state index contributed by atoms with van der Waals surface area (Å²) in [6.45, 7) is 13.0. The molecule has 1 fully saturated rings. The molecule has 1 aromatic rings. The summed E-state index contributed by atoms with van der Waals surface area (Å²) in [6, 6.07) is 6.09. The number of nitrogens with zero attached hydrogens (tertiary/aromatic N) is 1. The van der Waals surface area contributed by atoms with Gasteiger partial charge in [-0.1, -0.05) is 58.4 Å². The number of halogens is 1. The molecule has 0 unspecified atom stereocenters. The van der Waals surface area contributed by atoms with Gasteiger partial charge in [0.1, 0.15) is 0 Å². The van der Waals surface area contributed by atoms with Crippen LogP contribution in [0.4, 0.5) is 4.79 Å². The van der Waals surface area contributed by atoms with Crippen LogP contribution >= 0.6 is 11.6 Å². The average molecular weight is 475 g/mol. The van der Waals surface area contributed by atoms with Gasteiger partial charge in [-0.15, -0.1) is 0 Å². The van der Waals surface area contributed by atoms with Crippen LogP contribution in [-0.4, -0.2) is 28.0 Å². The number of urea groups is 1. The first-order valence-corrected chi connectivity index (χ1v) is 12.5. The Morgan fingerprint density at radius 3 is 2.39 bits per heavy atom. The van der Waals surface area contributed by atoms with E-state index in [1.807, 2.05) is 12.3 Å². The summed E-state index contributed by atoms with van der Waals surface area (Å²) in [5, 5.41) is 13.3. The standard InChI is InChI=1S/C27H39ClN2O3/c1-17(2)22-16-30(21-11-8-19(9-12-21)24(31)32)25(33)29-27(22,6)20-10-7-18(23(28)15-20)13-14-26(3,4)5/h7,10,15-17,19,21H,8-9,11-14H2,1-6H3,(H,29,33)(H,31,32)/t19?,21?,27-/m1/s1. The third kappa shape index (κ3) is 5.74. The summed E-state index contributed by atoms with van der Waals surface area (Å²) in [7, 11) is 0. The van der Waals surface area contributed by atoms with Gasteiger partial charge in [0.2, 0.25) is 0 Å². The molecule has 6 heteroatoms. The molecule has 0 radical (unpaired) electrons. The van der Waals surface area contributed by atoms with Crippen LogP contribution in [0.15, 0.2) is 30.0 Å². The molecule has 1 aliphatic heterocycles. The van der Waals surface area contributed by atoms with E-state index in [0.717, 1.165) is 34.6 Å². The maximum Gasteiger partial charge on any atom is 0.322 e. The monoisotopic (exact) mass is 474 g/mol. The second-order valence-corrected chi connectivity index (χ2v) is 11.8. The summed E-state index contributed by atoms with van der Waals surface area (Å²) >= 11 is 6.70. The van der Waals surface area contributed by atoms with E-state index in [2.05, 4.69) is 59.0 Å². The highest BCUT2D eigenvalue weighted by Gasteiger charge is 2.42. The van der Waals surface area contributed by atoms with Crippen LogP contribution in [0.3, 0.4) is 0 Å². The number of carbonyl (C=O) groups is 2. The summed E-state index contributed by atoms with van der Waals surface area (Å²) < 4.78 is 0. The molecule has 182 valence electrons. The van der Waals surface area contributed by atoms with Crippen molar-refractivity contribution in [3.63, 3.8) is 0 Å². The summed E-state index contributed by atoms with van der Waals surface area (Å²) in [5.74, 6) is -0.815. The van der Waals surface area contributed by atoms with Crippen LogP contribution in [-0.2, 0) is 16.8 Å². The highest BCUT2D eigenvalue weighted by molar-refractivity contribution is 6.31. The Bertz CT molecular complexity index is 926. The van der Waals surface area contributed by atoms with Crippen LogP contribution in [0.2, 0.25) is 5.02 Å². The first-order valence-electron chi connectivity index (χ1n) is 12.2. The van der Waals surface area contributed by atoms with Crippen molar-refractivity contribution in [2.24, 2.45) is 17.3 Å². The molecule has 1 aliphatic carbocycles. The lowest BCUT2D eigenvalue weighted by atomic mass is 9.77. The van der Waals surface area contributed by atoms with Gasteiger partial charge in [0, 0.05) is 17.3 Å². The van der Waals surface area contributed by atoms with Crippen molar-refractivity contribution in [3.8, 4) is 0 Å². The van der Waals surface area contributed by atoms with Crippen LogP contribution in [0.25, 0.3) is 0 Å². The Balaban J connectivity index is 1.87. The van der Waals surface area contributed by atoms with Crippen LogP contribution < -0.4 is 5.32 Å². The van der Waals surface area contributed by atoms with Crippen LogP contribution in [0, 0.1) is 17.3 Å². The van der Waals surface area contributed by atoms with E-state index < -0.39 is 11.5 Å². The second-order valence-electron chi connectivity index (χ2n) is 11.4. The Labute approximate surface area is 203 Å². The van der Waals surface area contributed by atoms with Gasteiger partial charge in [-0.3, -0.25) is 9.69 Å². The number of aryl methyl sites for hydroxylation is 1. The van der Waals surface area contributed by atoms with Gasteiger partial charge < -0.3 is 10.4 Å². The number of nitrogens with one attached hydrogen (secondary N) is 1. The molecule has 3 rings (SSSR count). The SMILES string of the molecule is CC(C)C1=CN(C2CCC(C(=O)O)CC2)C(=O)N[C@]1(C)c1ccc(CCC(C)(C)C)c(Cl)c1. The normalized spacial score (nSPS) is 26.2. The number of hydrogen-bond donors (Lipinski definition) is 2. The summed E-state index contributed by atoms with van der Waals surface area (Å²) in [4.78, 5) is 26.4. The van der Waals surface area contributed by atoms with Crippen molar-refractivity contribution in [2.75, 3.05) is 0 Å². The largest absolute Gasteiger partial charge is 0.481 e. The van der Waals surface area contributed by atoms with Crippen molar-refractivity contribution >= 4 is 23.6 Å². The van der Waals surface area contributed by atoms with E-state index in [0.29, 0.717) is 25.7 Å². The van der Waals surface area contributed by atoms with Crippen LogP contribution in [0.1, 0.15) is 84.8 Å². The summed E-state index contributed by atoms with van der Waals surface area (Å²) in [6.07, 6.45) is 6.61. The molecular weight excluding hydrogens is 436 g/mol. The smallest absolute Gasteiger partial charge is 0.322 e. The van der Waals surface area contributed by atoms with Crippen molar-refractivity contribution in [2.45, 2.75) is 91.6 Å². The van der Waals surface area contributed by atoms with E-state index in [4.69, 9.17) is 11.6 Å². The Hall–Kier alpha value is -2.01. The molecule has 1 atom stereocenters. The van der Waals surface area contributed by atoms with Crippen molar-refractivity contribution in [1.29, 1.82) is 0 Å². The first-order chi connectivity index (χ1) is 15.3. The highest BCUT2D eigenvalue weighted by Crippen LogP contribution is 2.40. The fourth-order valence-electron chi connectivity index (χ4n) is 5.10. The fourth-order valence-corrected chi connectivity index (χ4v) is 5.37. The van der Waals surface area contributed by atoms with Crippen molar-refractivity contribution < 1.29 is 14.7 Å². The minimum atomic E-state index is -0.731. The predicted molar refractivity (Wildman–Crippen MR) is 133 cm³/mol. The molecule has 0 bridgehead atoms. The number of aliphatic carboxylic acids is 1. The maximum atomic E-state index is 13.3. The van der Waals surface area contributed by atoms with Gasteiger partial charge in [-0.25, -0.2) is 4.79 Å². The Kier molecular flexibility index (Phi) is 7.52. The van der Waals surface area contributed by atoms with Crippen LogP contribution in [0.5, 0.6) is 0 Å². The molecule has 0 spiro atoms. The lowest BCUT2D eigenvalue weighted by molar-refractivity contribution is -0.143. The molecule has 2 aliphatic rings. The fraction of sp³-hybridized carbons (Fsp3) is 0.630. The van der Waals surface area contributed by atoms with E-state index >= 15 is 0 Å². The molecule has 33 heavy (non-hydrogen) atoms. The zero-order valence-electron chi connectivity index (χ0n) is 20.9. The first kappa shape index (κ1) is 25.6. The molecule has 5 nitrogen and oxygen atoms in total. The maximum absolute atomic E-state index is 13.3. The lowest BCUT2D eigenvalue weighted by Crippen LogP contribution is -2.57. The predicted octanol–water partition coefficient (Wildman–Crippen LogP) is 6.74. The lowest BCUT2D eigenvalue weighted by Gasteiger charge is -2.45. The van der Waals surface area contributed by atoms with Gasteiger partial charge in [0.25, 0.3) is 0 Å². The van der Waals surface area contributed by atoms with E-state index in [1.165, 1.54) is 0 Å². The molecule has 0 aromatic heterocycles. The number of rotatable bonds is 6. The van der Waals surface area contributed by atoms with Crippen molar-refractivity contribution in [1.82, 2.24) is 10.2 Å². The third-order valence-corrected chi connectivity index (χ3v) is 7.63. The summed E-state index contributed by atoms with van der Waals surface area (Å²) in [5.41, 5.74) is 2.83. The molecule has 2 amide bonds. The quantitative estimate of drug-likeness (QED) is 0.479. The zero-order chi connectivity index (χ0) is 24.6. The number of carboxylic acid groups (broad SMARTS) is 1. The third-order valence-electron chi connectivity index (χ3n) is 7.28.